The third-order valence-corrected chi connectivity index (χ3v) is 6.19. The molecule has 1 aromatic heterocycles. The van der Waals surface area contributed by atoms with Gasteiger partial charge in [-0.3, -0.25) is 4.98 Å². The van der Waals surface area contributed by atoms with Gasteiger partial charge < -0.3 is 9.83 Å². The molecule has 0 fully saturated rings. The molecule has 0 amide bonds. The van der Waals surface area contributed by atoms with E-state index in [1.54, 1.807) is 24.3 Å². The first-order chi connectivity index (χ1) is 15.0. The number of pyridine rings is 1. The van der Waals surface area contributed by atoms with Gasteiger partial charge in [-0.15, -0.1) is 0 Å². The Morgan fingerprint density at radius 2 is 1.66 bits per heavy atom. The number of aliphatic hydroxyl groups excluding tert-OH is 1. The van der Waals surface area contributed by atoms with Gasteiger partial charge in [-0.25, -0.2) is 0 Å². The lowest BCUT2D eigenvalue weighted by molar-refractivity contribution is 0.173. The fourth-order valence-electron chi connectivity index (χ4n) is 2.89. The topological polar surface area (TPSA) is 45.1 Å². The van der Waals surface area contributed by atoms with Crippen LogP contribution in [-0.4, -0.2) is 10.1 Å². The molecule has 0 aliphatic heterocycles. The SMILES string of the molecule is C.CCC(C)CCc1ccc(NSc2ccc(C)cc2)cc1.CC[C@H](O)c1cccnc1. The Balaban J connectivity index is 0.000000393. The van der Waals surface area contributed by atoms with Crippen LogP contribution in [0.4, 0.5) is 5.69 Å². The fraction of sp³-hybridized carbons (Fsp3) is 0.393. The Morgan fingerprint density at radius 1 is 0.969 bits per heavy atom. The Labute approximate surface area is 199 Å². The van der Waals surface area contributed by atoms with E-state index in [0.29, 0.717) is 0 Å². The van der Waals surface area contributed by atoms with Gasteiger partial charge in [-0.05, 0) is 85.5 Å². The van der Waals surface area contributed by atoms with Crippen molar-refractivity contribution in [1.82, 2.24) is 4.98 Å². The van der Waals surface area contributed by atoms with E-state index in [0.717, 1.165) is 23.6 Å². The van der Waals surface area contributed by atoms with E-state index in [1.165, 1.54) is 35.3 Å². The van der Waals surface area contributed by atoms with Crippen LogP contribution in [0.3, 0.4) is 0 Å². The molecule has 1 unspecified atom stereocenters. The first kappa shape index (κ1) is 27.7. The molecule has 2 aromatic carbocycles. The van der Waals surface area contributed by atoms with Gasteiger partial charge in [0, 0.05) is 23.0 Å². The van der Waals surface area contributed by atoms with Crippen molar-refractivity contribution < 1.29 is 5.11 Å². The maximum absolute atomic E-state index is 9.29. The Bertz CT molecular complexity index is 851. The molecule has 4 heteroatoms. The molecule has 0 bridgehead atoms. The molecule has 3 nitrogen and oxygen atoms in total. The molecule has 3 aromatic rings. The van der Waals surface area contributed by atoms with E-state index in [1.807, 2.05) is 19.1 Å². The van der Waals surface area contributed by atoms with Gasteiger partial charge in [-0.2, -0.15) is 0 Å². The van der Waals surface area contributed by atoms with Crippen molar-refractivity contribution in [3.05, 3.63) is 89.7 Å². The van der Waals surface area contributed by atoms with Crippen molar-refractivity contribution in [1.29, 1.82) is 0 Å². The number of aryl methyl sites for hydroxylation is 2. The molecule has 32 heavy (non-hydrogen) atoms. The van der Waals surface area contributed by atoms with Gasteiger partial charge in [0.2, 0.25) is 0 Å². The number of aromatic nitrogens is 1. The third kappa shape index (κ3) is 10.3. The predicted octanol–water partition coefficient (Wildman–Crippen LogP) is 8.25. The number of hydrogen-bond donors (Lipinski definition) is 2. The molecule has 174 valence electrons. The van der Waals surface area contributed by atoms with E-state index < -0.39 is 0 Å². The first-order valence-electron chi connectivity index (χ1n) is 11.2. The molecule has 1 heterocycles. The van der Waals surface area contributed by atoms with Crippen LogP contribution in [0, 0.1) is 12.8 Å². The zero-order chi connectivity index (χ0) is 22.5. The highest BCUT2D eigenvalue weighted by Gasteiger charge is 2.02. The monoisotopic (exact) mass is 452 g/mol. The van der Waals surface area contributed by atoms with Crippen LogP contribution in [0.5, 0.6) is 0 Å². The summed E-state index contributed by atoms with van der Waals surface area (Å²) in [6, 6.07) is 21.1. The standard InChI is InChI=1S/C19H25NS.C8H11NO.CH4/c1-4-15(2)5-8-17-9-11-18(12-10-17)20-21-19-13-6-16(3)7-14-19;1-2-8(10)7-4-3-5-9-6-7;/h6-7,9-15,20H,4-5,8H2,1-3H3;3-6,8,10H,2H2,1H3;1H4/t;8-;/m.0./s1. The van der Waals surface area contributed by atoms with Gasteiger partial charge in [0.25, 0.3) is 0 Å². The largest absolute Gasteiger partial charge is 0.388 e. The first-order valence-corrected chi connectivity index (χ1v) is 12.0. The van der Waals surface area contributed by atoms with Crippen molar-refractivity contribution >= 4 is 17.6 Å². The maximum atomic E-state index is 9.29. The van der Waals surface area contributed by atoms with Crippen molar-refractivity contribution in [3.63, 3.8) is 0 Å². The summed E-state index contributed by atoms with van der Waals surface area (Å²) in [4.78, 5) is 5.13. The quantitative estimate of drug-likeness (QED) is 0.321. The molecular weight excluding hydrogens is 412 g/mol. The van der Waals surface area contributed by atoms with Crippen LogP contribution in [0.1, 0.15) is 70.3 Å². The normalized spacial score (nSPS) is 12.0. The van der Waals surface area contributed by atoms with Crippen molar-refractivity contribution in [2.24, 2.45) is 5.92 Å². The van der Waals surface area contributed by atoms with Crippen LogP contribution < -0.4 is 4.72 Å². The number of nitrogens with one attached hydrogen (secondary N) is 1. The second-order valence-corrected chi connectivity index (χ2v) is 8.86. The molecular formula is C28H40N2OS. The molecule has 2 N–H and O–H groups in total. The molecule has 2 atom stereocenters. The number of nitrogens with zero attached hydrogens (tertiary/aromatic N) is 1. The van der Waals surface area contributed by atoms with E-state index in [-0.39, 0.29) is 13.5 Å². The second kappa shape index (κ2) is 15.5. The highest BCUT2D eigenvalue weighted by molar-refractivity contribution is 8.00. The molecule has 0 radical (unpaired) electrons. The lowest BCUT2D eigenvalue weighted by atomic mass is 9.99. The van der Waals surface area contributed by atoms with Crippen molar-refractivity contribution in [3.8, 4) is 0 Å². The minimum Gasteiger partial charge on any atom is -0.388 e. The van der Waals surface area contributed by atoms with Crippen LogP contribution >= 0.6 is 11.9 Å². The van der Waals surface area contributed by atoms with E-state index in [9.17, 15) is 5.11 Å². The summed E-state index contributed by atoms with van der Waals surface area (Å²) in [6.45, 7) is 8.64. The van der Waals surface area contributed by atoms with Crippen LogP contribution in [0.25, 0.3) is 0 Å². The lowest BCUT2D eigenvalue weighted by Crippen LogP contribution is -1.95. The predicted molar refractivity (Wildman–Crippen MR) is 141 cm³/mol. The zero-order valence-corrected chi connectivity index (χ0v) is 20.0. The smallest absolute Gasteiger partial charge is 0.0802 e. The second-order valence-electron chi connectivity index (χ2n) is 7.98. The van der Waals surface area contributed by atoms with Gasteiger partial charge in [0.1, 0.15) is 0 Å². The summed E-state index contributed by atoms with van der Waals surface area (Å²) in [5, 5.41) is 9.29. The summed E-state index contributed by atoms with van der Waals surface area (Å²) in [6.07, 6.45) is 7.51. The number of rotatable bonds is 9. The number of hydrogen-bond acceptors (Lipinski definition) is 4. The average molecular weight is 453 g/mol. The Kier molecular flexibility index (Phi) is 13.4. The van der Waals surface area contributed by atoms with Crippen molar-refractivity contribution in [2.75, 3.05) is 4.72 Å². The van der Waals surface area contributed by atoms with E-state index in [2.05, 4.69) is 79.0 Å². The zero-order valence-electron chi connectivity index (χ0n) is 19.2. The molecule has 0 aliphatic carbocycles. The Hall–Kier alpha value is -2.30. The van der Waals surface area contributed by atoms with Crippen LogP contribution in [-0.2, 0) is 6.42 Å². The molecule has 0 saturated carbocycles. The molecule has 3 rings (SSSR count). The molecule has 0 aliphatic rings. The van der Waals surface area contributed by atoms with E-state index >= 15 is 0 Å². The number of benzene rings is 2. The van der Waals surface area contributed by atoms with Gasteiger partial charge in [0.05, 0.1) is 6.10 Å². The lowest BCUT2D eigenvalue weighted by Gasteiger charge is -2.09. The maximum Gasteiger partial charge on any atom is 0.0802 e. The minimum atomic E-state index is -0.353. The Morgan fingerprint density at radius 3 is 2.22 bits per heavy atom. The van der Waals surface area contributed by atoms with Crippen molar-refractivity contribution in [2.45, 2.75) is 71.8 Å². The van der Waals surface area contributed by atoms with Crippen LogP contribution in [0.2, 0.25) is 0 Å². The van der Waals surface area contributed by atoms with Gasteiger partial charge in [0.15, 0.2) is 0 Å². The van der Waals surface area contributed by atoms with E-state index in [4.69, 9.17) is 0 Å². The summed E-state index contributed by atoms with van der Waals surface area (Å²) in [7, 11) is 0. The summed E-state index contributed by atoms with van der Waals surface area (Å²) in [5.74, 6) is 0.819. The molecule has 0 spiro atoms. The van der Waals surface area contributed by atoms with Crippen LogP contribution in [0.15, 0.2) is 78.0 Å². The number of aliphatic hydroxyl groups is 1. The number of anilines is 1. The summed E-state index contributed by atoms with van der Waals surface area (Å²) < 4.78 is 3.40. The summed E-state index contributed by atoms with van der Waals surface area (Å²) >= 11 is 1.66. The van der Waals surface area contributed by atoms with Gasteiger partial charge >= 0.3 is 0 Å². The fourth-order valence-corrected chi connectivity index (χ4v) is 3.53. The average Bonchev–Trinajstić information content (AvgIpc) is 2.83. The minimum absolute atomic E-state index is 0. The van der Waals surface area contributed by atoms with Gasteiger partial charge in [-0.1, -0.05) is 70.5 Å². The molecule has 0 saturated heterocycles. The highest BCUT2D eigenvalue weighted by atomic mass is 32.2. The third-order valence-electron chi connectivity index (χ3n) is 5.34. The highest BCUT2D eigenvalue weighted by Crippen LogP contribution is 2.22. The summed E-state index contributed by atoms with van der Waals surface area (Å²) in [5.41, 5.74) is 4.78.